The predicted molar refractivity (Wildman–Crippen MR) is 172 cm³/mol. The van der Waals surface area contributed by atoms with Gasteiger partial charge in [-0.15, -0.1) is 0 Å². The van der Waals surface area contributed by atoms with Crippen LogP contribution >= 0.6 is 0 Å². The third-order valence-corrected chi connectivity index (χ3v) is 8.18. The number of fused-ring (bicyclic) bond motifs is 6. The second kappa shape index (κ2) is 9.24. The predicted octanol–water partition coefficient (Wildman–Crippen LogP) is 9.97. The van der Waals surface area contributed by atoms with Gasteiger partial charge < -0.3 is 9.13 Å². The van der Waals surface area contributed by atoms with Crippen LogP contribution in [0.3, 0.4) is 0 Å². The summed E-state index contributed by atoms with van der Waals surface area (Å²) in [5.41, 5.74) is 9.57. The molecule has 0 atom stereocenters. The number of rotatable bonds is 3. The first-order valence-electron chi connectivity index (χ1n) is 13.8. The Morgan fingerprint density at radius 3 is 1.64 bits per heavy atom. The highest BCUT2D eigenvalue weighted by molar-refractivity contribution is 6.11. The lowest BCUT2D eigenvalue weighted by Gasteiger charge is -2.13. The molecule has 0 saturated carbocycles. The molecule has 42 heavy (non-hydrogen) atoms. The molecule has 0 aliphatic carbocycles. The van der Waals surface area contributed by atoms with Crippen LogP contribution in [0.2, 0.25) is 0 Å². The van der Waals surface area contributed by atoms with Crippen LogP contribution in [-0.4, -0.2) is 9.13 Å². The highest BCUT2D eigenvalue weighted by Crippen LogP contribution is 2.37. The van der Waals surface area contributed by atoms with Gasteiger partial charge in [0.2, 0.25) is 0 Å². The topological polar surface area (TPSA) is 38.0 Å². The molecule has 194 valence electrons. The number of hydrogen-bond acceptors (Lipinski definition) is 1. The monoisotopic (exact) mass is 534 g/mol. The third-order valence-electron chi connectivity index (χ3n) is 8.18. The van der Waals surface area contributed by atoms with Crippen LogP contribution in [-0.2, 0) is 0 Å². The largest absolute Gasteiger partial charge is 0.309 e. The van der Waals surface area contributed by atoms with Crippen LogP contribution in [0.4, 0.5) is 5.69 Å². The van der Waals surface area contributed by atoms with Gasteiger partial charge in [-0.2, -0.15) is 5.26 Å². The van der Waals surface area contributed by atoms with Gasteiger partial charge in [-0.3, -0.25) is 0 Å². The highest BCUT2D eigenvalue weighted by Gasteiger charge is 2.16. The Labute approximate surface area is 242 Å². The van der Waals surface area contributed by atoms with Crippen molar-refractivity contribution in [3.05, 3.63) is 150 Å². The zero-order valence-corrected chi connectivity index (χ0v) is 22.5. The first-order chi connectivity index (χ1) is 20.7. The van der Waals surface area contributed by atoms with E-state index in [-0.39, 0.29) is 0 Å². The molecule has 0 spiro atoms. The van der Waals surface area contributed by atoms with Crippen molar-refractivity contribution in [1.29, 1.82) is 5.26 Å². The van der Waals surface area contributed by atoms with Crippen molar-refractivity contribution in [1.82, 2.24) is 9.13 Å². The molecule has 2 aromatic heterocycles. The number of aromatic nitrogens is 2. The van der Waals surface area contributed by atoms with E-state index < -0.39 is 0 Å². The average Bonchev–Trinajstić information content (AvgIpc) is 3.57. The smallest absolute Gasteiger partial charge is 0.188 e. The summed E-state index contributed by atoms with van der Waals surface area (Å²) in [4.78, 5) is 3.65. The molecule has 0 fully saturated rings. The molecular weight excluding hydrogens is 512 g/mol. The van der Waals surface area contributed by atoms with E-state index in [1.165, 1.54) is 21.8 Å². The van der Waals surface area contributed by atoms with Crippen molar-refractivity contribution >= 4 is 49.3 Å². The maximum Gasteiger partial charge on any atom is 0.188 e. The van der Waals surface area contributed by atoms with Crippen molar-refractivity contribution < 1.29 is 0 Å². The van der Waals surface area contributed by atoms with E-state index in [0.717, 1.165) is 44.3 Å². The molecule has 0 bridgehead atoms. The molecule has 0 aliphatic rings. The summed E-state index contributed by atoms with van der Waals surface area (Å²) >= 11 is 0. The van der Waals surface area contributed by atoms with Crippen molar-refractivity contribution in [2.24, 2.45) is 0 Å². The molecule has 4 nitrogen and oxygen atoms in total. The zero-order valence-electron chi connectivity index (χ0n) is 22.5. The summed E-state index contributed by atoms with van der Waals surface area (Å²) in [5.74, 6) is 0. The highest BCUT2D eigenvalue weighted by atomic mass is 15.0. The van der Waals surface area contributed by atoms with E-state index in [9.17, 15) is 5.26 Å². The Bertz CT molecular complexity index is 2370. The first kappa shape index (κ1) is 23.8. The summed E-state index contributed by atoms with van der Waals surface area (Å²) in [6, 6.07) is 48.0. The van der Waals surface area contributed by atoms with Crippen LogP contribution in [0.5, 0.6) is 0 Å². The molecule has 0 saturated heterocycles. The van der Waals surface area contributed by atoms with Gasteiger partial charge in [0.1, 0.15) is 0 Å². The van der Waals surface area contributed by atoms with Crippen molar-refractivity contribution in [2.75, 3.05) is 0 Å². The molecule has 0 aliphatic heterocycles. The van der Waals surface area contributed by atoms with Crippen LogP contribution in [0.15, 0.2) is 133 Å². The van der Waals surface area contributed by atoms with Crippen LogP contribution in [0, 0.1) is 17.9 Å². The standard InChI is InChI=1S/C38H22N4/c1-40-27-17-21-38-34(22-27)32-10-4-7-13-37(32)42(38)29-20-16-26(24-39)33(23-29)25-14-18-28(19-15-25)41-35-11-5-2-8-30(35)31-9-3-6-12-36(31)41/h2-23H. The lowest BCUT2D eigenvalue weighted by atomic mass is 9.99. The number of nitriles is 1. The van der Waals surface area contributed by atoms with Gasteiger partial charge in [0, 0.05) is 33.1 Å². The van der Waals surface area contributed by atoms with Gasteiger partial charge >= 0.3 is 0 Å². The second-order valence-corrected chi connectivity index (χ2v) is 10.4. The SMILES string of the molecule is [C-]#[N+]c1ccc2c(c1)c1ccccc1n2-c1ccc(C#N)c(-c2ccc(-n3c4ccccc4c4ccccc43)cc2)c1. The fraction of sp³-hybridized carbons (Fsp3) is 0. The average molecular weight is 535 g/mol. The molecule has 0 unspecified atom stereocenters. The Hall–Kier alpha value is -6.10. The van der Waals surface area contributed by atoms with Crippen molar-refractivity contribution in [3.63, 3.8) is 0 Å². The maximum atomic E-state index is 10.1. The van der Waals surface area contributed by atoms with E-state index in [0.29, 0.717) is 11.3 Å². The minimum Gasteiger partial charge on any atom is -0.309 e. The molecule has 8 aromatic rings. The minimum absolute atomic E-state index is 0.620. The number of nitrogens with zero attached hydrogens (tertiary/aromatic N) is 4. The van der Waals surface area contributed by atoms with Gasteiger partial charge in [0.05, 0.1) is 40.3 Å². The summed E-state index contributed by atoms with van der Waals surface area (Å²) < 4.78 is 4.51. The minimum atomic E-state index is 0.620. The number of para-hydroxylation sites is 3. The van der Waals surface area contributed by atoms with Crippen molar-refractivity contribution in [2.45, 2.75) is 0 Å². The summed E-state index contributed by atoms with van der Waals surface area (Å²) in [6.07, 6.45) is 0. The van der Waals surface area contributed by atoms with Crippen LogP contribution in [0.25, 0.3) is 71.0 Å². The zero-order chi connectivity index (χ0) is 28.2. The third kappa shape index (κ3) is 3.47. The molecular formula is C38H22N4. The van der Waals surface area contributed by atoms with Crippen LogP contribution in [0.1, 0.15) is 5.56 Å². The molecule has 2 heterocycles. The molecule has 4 heteroatoms. The van der Waals surface area contributed by atoms with Crippen molar-refractivity contribution in [3.8, 4) is 28.6 Å². The Morgan fingerprint density at radius 1 is 0.524 bits per heavy atom. The molecule has 0 radical (unpaired) electrons. The first-order valence-corrected chi connectivity index (χ1v) is 13.8. The summed E-state index contributed by atoms with van der Waals surface area (Å²) in [6.45, 7) is 7.49. The fourth-order valence-electron chi connectivity index (χ4n) is 6.31. The Kier molecular flexibility index (Phi) is 5.22. The fourth-order valence-corrected chi connectivity index (χ4v) is 6.31. The second-order valence-electron chi connectivity index (χ2n) is 10.4. The van der Waals surface area contributed by atoms with E-state index in [1.54, 1.807) is 0 Å². The normalized spacial score (nSPS) is 11.3. The quantitative estimate of drug-likeness (QED) is 0.208. The van der Waals surface area contributed by atoms with E-state index >= 15 is 0 Å². The Balaban J connectivity index is 1.29. The number of benzene rings is 6. The van der Waals surface area contributed by atoms with Gasteiger partial charge in [-0.05, 0) is 71.6 Å². The molecule has 0 amide bonds. The lowest BCUT2D eigenvalue weighted by Crippen LogP contribution is -1.97. The summed E-state index contributed by atoms with van der Waals surface area (Å²) in [5, 5.41) is 14.6. The van der Waals surface area contributed by atoms with Crippen LogP contribution < -0.4 is 0 Å². The molecule has 8 rings (SSSR count). The van der Waals surface area contributed by atoms with E-state index in [2.05, 4.69) is 111 Å². The van der Waals surface area contributed by atoms with Gasteiger partial charge in [0.25, 0.3) is 0 Å². The Morgan fingerprint density at radius 2 is 1.05 bits per heavy atom. The van der Waals surface area contributed by atoms with Gasteiger partial charge in [0.15, 0.2) is 5.69 Å². The van der Waals surface area contributed by atoms with E-state index in [1.807, 2.05) is 42.5 Å². The molecule has 6 aromatic carbocycles. The summed E-state index contributed by atoms with van der Waals surface area (Å²) in [7, 11) is 0. The number of hydrogen-bond donors (Lipinski definition) is 0. The maximum absolute atomic E-state index is 10.1. The van der Waals surface area contributed by atoms with E-state index in [4.69, 9.17) is 6.57 Å². The van der Waals surface area contributed by atoms with Gasteiger partial charge in [-0.1, -0.05) is 72.8 Å². The molecule has 0 N–H and O–H groups in total. The lowest BCUT2D eigenvalue weighted by molar-refractivity contribution is 1.17. The van der Waals surface area contributed by atoms with Gasteiger partial charge in [-0.25, -0.2) is 4.85 Å².